The van der Waals surface area contributed by atoms with Gasteiger partial charge in [-0.1, -0.05) is 5.21 Å². The molecule has 9 heteroatoms. The number of nitrogen functional groups attached to an aromatic ring is 1. The van der Waals surface area contributed by atoms with Crippen LogP contribution in [0.15, 0.2) is 24.3 Å². The van der Waals surface area contributed by atoms with Gasteiger partial charge in [0.15, 0.2) is 5.82 Å². The van der Waals surface area contributed by atoms with Crippen LogP contribution in [0.25, 0.3) is 5.69 Å². The fraction of sp³-hybridized carbons (Fsp3) is 0.100. The first-order valence-electron chi connectivity index (χ1n) is 4.93. The van der Waals surface area contributed by atoms with Crippen LogP contribution in [0, 0.1) is 0 Å². The Hall–Kier alpha value is -2.58. The Morgan fingerprint density at radius 3 is 2.26 bits per heavy atom. The van der Waals surface area contributed by atoms with Crippen molar-refractivity contribution in [2.24, 2.45) is 0 Å². The highest BCUT2D eigenvalue weighted by Crippen LogP contribution is 2.29. The van der Waals surface area contributed by atoms with Gasteiger partial charge in [-0.15, -0.1) is 5.10 Å². The van der Waals surface area contributed by atoms with Gasteiger partial charge in [0.25, 0.3) is 0 Å². The van der Waals surface area contributed by atoms with Gasteiger partial charge in [-0.2, -0.15) is 17.9 Å². The third-order valence-electron chi connectivity index (χ3n) is 2.35. The monoisotopic (exact) mass is 272 g/mol. The number of hydrogen-bond acceptors (Lipinski definition) is 4. The van der Waals surface area contributed by atoms with Gasteiger partial charge < -0.3 is 10.8 Å². The maximum atomic E-state index is 12.4. The number of benzene rings is 1. The van der Waals surface area contributed by atoms with Crippen LogP contribution in [0.3, 0.4) is 0 Å². The number of rotatable bonds is 2. The summed E-state index contributed by atoms with van der Waals surface area (Å²) in [7, 11) is 0. The molecule has 0 aliphatic rings. The lowest BCUT2D eigenvalue weighted by Crippen LogP contribution is -2.07. The zero-order valence-electron chi connectivity index (χ0n) is 9.22. The smallest absolute Gasteiger partial charge is 0.416 e. The molecule has 3 N–H and O–H groups in total. The predicted octanol–water partition coefficient (Wildman–Crippen LogP) is 1.57. The fourth-order valence-electron chi connectivity index (χ4n) is 1.42. The van der Waals surface area contributed by atoms with E-state index in [4.69, 9.17) is 10.8 Å². The molecule has 2 aromatic rings. The fourth-order valence-corrected chi connectivity index (χ4v) is 1.42. The number of nitrogens with zero attached hydrogens (tertiary/aromatic N) is 3. The lowest BCUT2D eigenvalue weighted by Gasteiger charge is -2.07. The molecule has 0 saturated carbocycles. The minimum atomic E-state index is -4.45. The van der Waals surface area contributed by atoms with E-state index in [1.165, 1.54) is 0 Å². The Labute approximate surface area is 104 Å². The molecule has 0 bridgehead atoms. The van der Waals surface area contributed by atoms with E-state index in [2.05, 4.69) is 10.3 Å². The number of aromatic nitrogens is 3. The van der Waals surface area contributed by atoms with Crippen LogP contribution < -0.4 is 5.73 Å². The summed E-state index contributed by atoms with van der Waals surface area (Å²) in [5.41, 5.74) is 4.40. The molecular weight excluding hydrogens is 265 g/mol. The standard InChI is InChI=1S/C10H7F3N4O2/c11-10(12,13)5-1-3-6(4-2-5)17-8(14)7(9(18)19)15-16-17/h1-4H,14H2,(H,18,19). The van der Waals surface area contributed by atoms with E-state index in [9.17, 15) is 18.0 Å². The average molecular weight is 272 g/mol. The van der Waals surface area contributed by atoms with Gasteiger partial charge in [0.05, 0.1) is 11.3 Å². The molecule has 0 aliphatic heterocycles. The Balaban J connectivity index is 2.41. The van der Waals surface area contributed by atoms with Crippen molar-refractivity contribution in [3.05, 3.63) is 35.5 Å². The molecule has 0 unspecified atom stereocenters. The Kier molecular flexibility index (Phi) is 2.89. The molecule has 0 saturated heterocycles. The van der Waals surface area contributed by atoms with E-state index in [1.807, 2.05) is 0 Å². The van der Waals surface area contributed by atoms with Crippen molar-refractivity contribution in [1.82, 2.24) is 15.0 Å². The van der Waals surface area contributed by atoms with Crippen LogP contribution >= 0.6 is 0 Å². The molecule has 0 spiro atoms. The molecule has 100 valence electrons. The van der Waals surface area contributed by atoms with Crippen LogP contribution in [-0.4, -0.2) is 26.1 Å². The van der Waals surface area contributed by atoms with Gasteiger partial charge in [0.2, 0.25) is 5.69 Å². The highest BCUT2D eigenvalue weighted by molar-refractivity contribution is 5.90. The van der Waals surface area contributed by atoms with Gasteiger partial charge in [-0.05, 0) is 24.3 Å². The Morgan fingerprint density at radius 2 is 1.84 bits per heavy atom. The zero-order chi connectivity index (χ0) is 14.2. The number of carbonyl (C=O) groups is 1. The first-order valence-corrected chi connectivity index (χ1v) is 4.93. The summed E-state index contributed by atoms with van der Waals surface area (Å²) in [5, 5.41) is 15.5. The van der Waals surface area contributed by atoms with E-state index in [1.54, 1.807) is 0 Å². The largest absolute Gasteiger partial charge is 0.476 e. The normalized spacial score (nSPS) is 11.5. The van der Waals surface area contributed by atoms with Crippen molar-refractivity contribution in [1.29, 1.82) is 0 Å². The number of carboxylic acid groups (broad SMARTS) is 1. The number of nitrogens with two attached hydrogens (primary N) is 1. The van der Waals surface area contributed by atoms with Gasteiger partial charge in [-0.3, -0.25) is 0 Å². The van der Waals surface area contributed by atoms with Gasteiger partial charge in [0, 0.05) is 0 Å². The second-order valence-corrected chi connectivity index (χ2v) is 3.58. The average Bonchev–Trinajstić information content (AvgIpc) is 2.70. The molecule has 1 aromatic heterocycles. The second-order valence-electron chi connectivity index (χ2n) is 3.58. The van der Waals surface area contributed by atoms with E-state index in [0.29, 0.717) is 0 Å². The van der Waals surface area contributed by atoms with Crippen molar-refractivity contribution < 1.29 is 23.1 Å². The Bertz CT molecular complexity index is 619. The van der Waals surface area contributed by atoms with Crippen LogP contribution in [-0.2, 0) is 6.18 Å². The highest BCUT2D eigenvalue weighted by atomic mass is 19.4. The summed E-state index contributed by atoms with van der Waals surface area (Å²) in [6.45, 7) is 0. The predicted molar refractivity (Wildman–Crippen MR) is 57.7 cm³/mol. The summed E-state index contributed by atoms with van der Waals surface area (Å²) in [6.07, 6.45) is -4.45. The first-order chi connectivity index (χ1) is 8.80. The summed E-state index contributed by atoms with van der Waals surface area (Å²) >= 11 is 0. The minimum Gasteiger partial charge on any atom is -0.476 e. The zero-order valence-corrected chi connectivity index (χ0v) is 9.22. The SMILES string of the molecule is Nc1c(C(=O)O)nnn1-c1ccc(C(F)(F)F)cc1. The molecule has 0 aliphatic carbocycles. The maximum absolute atomic E-state index is 12.4. The van der Waals surface area contributed by atoms with Crippen molar-refractivity contribution in [3.63, 3.8) is 0 Å². The number of halogens is 3. The minimum absolute atomic E-state index is 0.186. The maximum Gasteiger partial charge on any atom is 0.416 e. The quantitative estimate of drug-likeness (QED) is 0.865. The molecule has 2 rings (SSSR count). The van der Waals surface area contributed by atoms with Crippen molar-refractivity contribution >= 4 is 11.8 Å². The molecule has 19 heavy (non-hydrogen) atoms. The number of hydrogen-bond donors (Lipinski definition) is 2. The number of aromatic carboxylic acids is 1. The molecule has 0 radical (unpaired) electrons. The molecular formula is C10H7F3N4O2. The lowest BCUT2D eigenvalue weighted by molar-refractivity contribution is -0.137. The van der Waals surface area contributed by atoms with E-state index in [0.717, 1.165) is 28.9 Å². The number of alkyl halides is 3. The lowest BCUT2D eigenvalue weighted by atomic mass is 10.2. The third kappa shape index (κ3) is 2.34. The van der Waals surface area contributed by atoms with E-state index in [-0.39, 0.29) is 11.5 Å². The number of anilines is 1. The van der Waals surface area contributed by atoms with Crippen molar-refractivity contribution in [2.75, 3.05) is 5.73 Å². The van der Waals surface area contributed by atoms with Gasteiger partial charge >= 0.3 is 12.1 Å². The summed E-state index contributed by atoms with van der Waals surface area (Å²) in [4.78, 5) is 10.7. The van der Waals surface area contributed by atoms with Crippen LogP contribution in [0.2, 0.25) is 0 Å². The second kappa shape index (κ2) is 4.26. The first kappa shape index (κ1) is 12.9. The van der Waals surface area contributed by atoms with Crippen LogP contribution in [0.1, 0.15) is 16.1 Å². The third-order valence-corrected chi connectivity index (χ3v) is 2.35. The van der Waals surface area contributed by atoms with Crippen molar-refractivity contribution in [3.8, 4) is 5.69 Å². The van der Waals surface area contributed by atoms with E-state index < -0.39 is 23.4 Å². The molecule has 1 heterocycles. The van der Waals surface area contributed by atoms with Crippen LogP contribution in [0.5, 0.6) is 0 Å². The summed E-state index contributed by atoms with van der Waals surface area (Å²) < 4.78 is 38.1. The van der Waals surface area contributed by atoms with Gasteiger partial charge in [0.1, 0.15) is 0 Å². The molecule has 0 amide bonds. The summed E-state index contributed by atoms with van der Waals surface area (Å²) in [5.74, 6) is -1.62. The molecule has 0 fully saturated rings. The van der Waals surface area contributed by atoms with Gasteiger partial charge in [-0.25, -0.2) is 4.79 Å². The molecule has 6 nitrogen and oxygen atoms in total. The Morgan fingerprint density at radius 1 is 1.26 bits per heavy atom. The highest BCUT2D eigenvalue weighted by Gasteiger charge is 2.30. The van der Waals surface area contributed by atoms with E-state index >= 15 is 0 Å². The van der Waals surface area contributed by atoms with Crippen molar-refractivity contribution in [2.45, 2.75) is 6.18 Å². The topological polar surface area (TPSA) is 94.0 Å². The molecule has 0 atom stereocenters. The summed E-state index contributed by atoms with van der Waals surface area (Å²) in [6, 6.07) is 3.94. The van der Waals surface area contributed by atoms with Crippen LogP contribution in [0.4, 0.5) is 19.0 Å². The number of carboxylic acids is 1. The molecule has 1 aromatic carbocycles.